The van der Waals surface area contributed by atoms with Gasteiger partial charge in [0.05, 0.1) is 0 Å². The number of benzene rings is 1. The Kier molecular flexibility index (Phi) is 5.90. The van der Waals surface area contributed by atoms with Crippen LogP contribution in [0.2, 0.25) is 0 Å². The molecule has 3 heteroatoms. The molecule has 2 rings (SSSR count). The Balaban J connectivity index is 1.78. The lowest BCUT2D eigenvalue weighted by atomic mass is 9.85. The lowest BCUT2D eigenvalue weighted by Gasteiger charge is -2.30. The van der Waals surface area contributed by atoms with Gasteiger partial charge in [-0.3, -0.25) is 4.79 Å². The first-order valence-corrected chi connectivity index (χ1v) is 8.13. The van der Waals surface area contributed by atoms with E-state index in [2.05, 4.69) is 36.5 Å². The van der Waals surface area contributed by atoms with E-state index in [1.165, 1.54) is 24.0 Å². The molecule has 20 heavy (non-hydrogen) atoms. The van der Waals surface area contributed by atoms with Crippen molar-refractivity contribution in [3.63, 3.8) is 0 Å². The number of amides is 1. The van der Waals surface area contributed by atoms with E-state index >= 15 is 0 Å². The molecule has 0 radical (unpaired) electrons. The summed E-state index contributed by atoms with van der Waals surface area (Å²) in [4.78, 5) is 12.1. The maximum Gasteiger partial charge on any atom is 0.220 e. The largest absolute Gasteiger partial charge is 0.353 e. The third-order valence-electron chi connectivity index (χ3n) is 4.21. The Morgan fingerprint density at radius 3 is 2.65 bits per heavy atom. The van der Waals surface area contributed by atoms with E-state index in [4.69, 9.17) is 11.6 Å². The average Bonchev–Trinajstić information content (AvgIpc) is 2.47. The van der Waals surface area contributed by atoms with Crippen LogP contribution in [0.4, 0.5) is 0 Å². The van der Waals surface area contributed by atoms with E-state index in [0.29, 0.717) is 18.2 Å². The van der Waals surface area contributed by atoms with Gasteiger partial charge in [-0.2, -0.15) is 0 Å². The number of rotatable bonds is 5. The molecule has 0 saturated heterocycles. The summed E-state index contributed by atoms with van der Waals surface area (Å²) in [6, 6.07) is 8.68. The number of carbonyl (C=O) groups is 1. The normalized spacial score (nSPS) is 22.5. The highest BCUT2D eigenvalue weighted by molar-refractivity contribution is 6.18. The summed E-state index contributed by atoms with van der Waals surface area (Å²) in [6.07, 6.45) is 6.04. The minimum absolute atomic E-state index is 0.160. The van der Waals surface area contributed by atoms with E-state index < -0.39 is 0 Å². The van der Waals surface area contributed by atoms with E-state index in [1.54, 1.807) is 0 Å². The van der Waals surface area contributed by atoms with E-state index in [9.17, 15) is 4.79 Å². The molecule has 0 aliphatic heterocycles. The Labute approximate surface area is 126 Å². The summed E-state index contributed by atoms with van der Waals surface area (Å²) in [6.45, 7) is 2.08. The minimum Gasteiger partial charge on any atom is -0.353 e. The summed E-state index contributed by atoms with van der Waals surface area (Å²) in [7, 11) is 0. The Hall–Kier alpha value is -1.02. The van der Waals surface area contributed by atoms with Crippen molar-refractivity contribution in [1.29, 1.82) is 0 Å². The molecule has 0 heterocycles. The van der Waals surface area contributed by atoms with Crippen molar-refractivity contribution in [3.05, 3.63) is 35.4 Å². The van der Waals surface area contributed by atoms with Crippen LogP contribution in [0, 0.1) is 12.8 Å². The smallest absolute Gasteiger partial charge is 0.220 e. The first kappa shape index (κ1) is 15.4. The molecular weight excluding hydrogens is 270 g/mol. The van der Waals surface area contributed by atoms with Crippen molar-refractivity contribution in [2.45, 2.75) is 51.5 Å². The third kappa shape index (κ3) is 4.52. The lowest BCUT2D eigenvalue weighted by Crippen LogP contribution is -2.42. The van der Waals surface area contributed by atoms with Gasteiger partial charge in [-0.25, -0.2) is 0 Å². The number of hydrogen-bond acceptors (Lipinski definition) is 1. The quantitative estimate of drug-likeness (QED) is 0.821. The number of hydrogen-bond donors (Lipinski definition) is 1. The summed E-state index contributed by atoms with van der Waals surface area (Å²) in [5.41, 5.74) is 2.48. The second kappa shape index (κ2) is 7.68. The highest BCUT2D eigenvalue weighted by Crippen LogP contribution is 2.25. The average molecular weight is 294 g/mol. The number of alkyl halides is 1. The molecule has 1 saturated carbocycles. The fraction of sp³-hybridized carbons (Fsp3) is 0.588. The molecule has 2 unspecified atom stereocenters. The van der Waals surface area contributed by atoms with E-state index in [0.717, 1.165) is 19.3 Å². The van der Waals surface area contributed by atoms with Crippen LogP contribution in [0.5, 0.6) is 0 Å². The van der Waals surface area contributed by atoms with Crippen molar-refractivity contribution < 1.29 is 4.79 Å². The zero-order valence-electron chi connectivity index (χ0n) is 12.2. The number of nitrogens with one attached hydrogen (secondary N) is 1. The first-order chi connectivity index (χ1) is 9.69. The zero-order valence-corrected chi connectivity index (χ0v) is 13.0. The van der Waals surface area contributed by atoms with Crippen LogP contribution in [0.3, 0.4) is 0 Å². The van der Waals surface area contributed by atoms with Crippen molar-refractivity contribution in [2.24, 2.45) is 5.92 Å². The second-order valence-electron chi connectivity index (χ2n) is 5.86. The lowest BCUT2D eigenvalue weighted by molar-refractivity contribution is -0.122. The SMILES string of the molecule is Cc1ccc(CCC(=O)NC2CCCCC2CCl)cc1. The van der Waals surface area contributed by atoms with Crippen molar-refractivity contribution in [3.8, 4) is 0 Å². The van der Waals surface area contributed by atoms with Crippen molar-refractivity contribution in [1.82, 2.24) is 5.32 Å². The third-order valence-corrected chi connectivity index (χ3v) is 4.61. The highest BCUT2D eigenvalue weighted by atomic mass is 35.5. The molecule has 1 amide bonds. The Morgan fingerprint density at radius 1 is 1.25 bits per heavy atom. The maximum atomic E-state index is 12.1. The molecule has 0 aromatic heterocycles. The Morgan fingerprint density at radius 2 is 1.95 bits per heavy atom. The summed E-state index contributed by atoms with van der Waals surface area (Å²) < 4.78 is 0. The van der Waals surface area contributed by atoms with Crippen molar-refractivity contribution >= 4 is 17.5 Å². The van der Waals surface area contributed by atoms with Crippen molar-refractivity contribution in [2.75, 3.05) is 5.88 Å². The van der Waals surface area contributed by atoms with Gasteiger partial charge in [0.2, 0.25) is 5.91 Å². The number of halogens is 1. The fourth-order valence-electron chi connectivity index (χ4n) is 2.87. The van der Waals surface area contributed by atoms with Crippen LogP contribution in [0.15, 0.2) is 24.3 Å². The van der Waals surface area contributed by atoms with Crippen LogP contribution in [-0.2, 0) is 11.2 Å². The predicted octanol–water partition coefficient (Wildman–Crippen LogP) is 3.84. The summed E-state index contributed by atoms with van der Waals surface area (Å²) in [5.74, 6) is 1.27. The van der Waals surface area contributed by atoms with Gasteiger partial charge in [0, 0.05) is 18.3 Å². The van der Waals surface area contributed by atoms with Gasteiger partial charge in [0.25, 0.3) is 0 Å². The molecule has 2 nitrogen and oxygen atoms in total. The topological polar surface area (TPSA) is 29.1 Å². The van der Waals surface area contributed by atoms with Gasteiger partial charge >= 0.3 is 0 Å². The monoisotopic (exact) mass is 293 g/mol. The second-order valence-corrected chi connectivity index (χ2v) is 6.17. The summed E-state index contributed by atoms with van der Waals surface area (Å²) >= 11 is 5.99. The van der Waals surface area contributed by atoms with Crippen LogP contribution in [-0.4, -0.2) is 17.8 Å². The van der Waals surface area contributed by atoms with Gasteiger partial charge < -0.3 is 5.32 Å². The van der Waals surface area contributed by atoms with Crippen LogP contribution in [0.1, 0.15) is 43.2 Å². The van der Waals surface area contributed by atoms with Gasteiger partial charge in [-0.1, -0.05) is 42.7 Å². The van der Waals surface area contributed by atoms with E-state index in [-0.39, 0.29) is 11.9 Å². The number of aryl methyl sites for hydroxylation is 2. The molecule has 0 spiro atoms. The van der Waals surface area contributed by atoms with Gasteiger partial charge in [0.1, 0.15) is 0 Å². The maximum absolute atomic E-state index is 12.1. The number of carbonyl (C=O) groups excluding carboxylic acids is 1. The van der Waals surface area contributed by atoms with E-state index in [1.807, 2.05) is 0 Å². The predicted molar refractivity (Wildman–Crippen MR) is 84.1 cm³/mol. The fourth-order valence-corrected chi connectivity index (χ4v) is 3.24. The molecule has 1 N–H and O–H groups in total. The molecule has 2 atom stereocenters. The molecule has 1 aliphatic rings. The molecule has 1 fully saturated rings. The Bertz CT molecular complexity index is 429. The summed E-state index contributed by atoms with van der Waals surface area (Å²) in [5, 5.41) is 3.18. The molecule has 1 aromatic rings. The molecular formula is C17H24ClNO. The van der Waals surface area contributed by atoms with Gasteiger partial charge in [0.15, 0.2) is 0 Å². The molecule has 0 bridgehead atoms. The molecule has 110 valence electrons. The van der Waals surface area contributed by atoms with Crippen LogP contribution < -0.4 is 5.32 Å². The molecule has 1 aliphatic carbocycles. The first-order valence-electron chi connectivity index (χ1n) is 7.60. The highest BCUT2D eigenvalue weighted by Gasteiger charge is 2.25. The van der Waals surface area contributed by atoms with Crippen LogP contribution >= 0.6 is 11.6 Å². The standard InChI is InChI=1S/C17H24ClNO/c1-13-6-8-14(9-7-13)10-11-17(20)19-16-5-3-2-4-15(16)12-18/h6-9,15-16H,2-5,10-12H2,1H3,(H,19,20). The van der Waals surface area contributed by atoms with Gasteiger partial charge in [-0.15, -0.1) is 11.6 Å². The zero-order chi connectivity index (χ0) is 14.4. The minimum atomic E-state index is 0.160. The van der Waals surface area contributed by atoms with Gasteiger partial charge in [-0.05, 0) is 37.7 Å². The van der Waals surface area contributed by atoms with Crippen LogP contribution in [0.25, 0.3) is 0 Å². The molecule has 1 aromatic carbocycles.